The van der Waals surface area contributed by atoms with Crippen LogP contribution in [-0.2, 0) is 11.2 Å². The Bertz CT molecular complexity index is 887. The summed E-state index contributed by atoms with van der Waals surface area (Å²) in [5, 5.41) is 23.7. The Morgan fingerprint density at radius 3 is 2.78 bits per heavy atom. The zero-order valence-corrected chi connectivity index (χ0v) is 15.4. The smallest absolute Gasteiger partial charge is 0.230 e. The summed E-state index contributed by atoms with van der Waals surface area (Å²) in [7, 11) is 0. The lowest BCUT2D eigenvalue weighted by molar-refractivity contribution is -0.115. The molecule has 1 aliphatic heterocycles. The van der Waals surface area contributed by atoms with Gasteiger partial charge in [0, 0.05) is 25.3 Å². The molecule has 0 spiro atoms. The third kappa shape index (κ3) is 4.56. The van der Waals surface area contributed by atoms with E-state index in [-0.39, 0.29) is 11.9 Å². The lowest BCUT2D eigenvalue weighted by Gasteiger charge is -2.16. The number of nitrogens with zero attached hydrogens (tertiary/aromatic N) is 5. The molecule has 0 aliphatic carbocycles. The number of hydrogen-bond donors (Lipinski definition) is 2. The number of benzene rings is 1. The summed E-state index contributed by atoms with van der Waals surface area (Å²) in [6.45, 7) is 1.74. The van der Waals surface area contributed by atoms with E-state index in [0.717, 1.165) is 30.9 Å². The van der Waals surface area contributed by atoms with Crippen molar-refractivity contribution in [3.63, 3.8) is 0 Å². The molecule has 2 N–H and O–H groups in total. The second-order valence-corrected chi connectivity index (χ2v) is 7.26. The lowest BCUT2D eigenvalue weighted by atomic mass is 10.1. The largest absolute Gasteiger partial charge is 0.355 e. The highest BCUT2D eigenvalue weighted by Gasteiger charge is 2.24. The Morgan fingerprint density at radius 2 is 1.96 bits per heavy atom. The quantitative estimate of drug-likeness (QED) is 0.676. The van der Waals surface area contributed by atoms with Gasteiger partial charge >= 0.3 is 0 Å². The average molecular weight is 381 g/mol. The highest BCUT2D eigenvalue weighted by Crippen LogP contribution is 2.24. The molecule has 1 aliphatic rings. The first kappa shape index (κ1) is 17.3. The number of carbonyl (C=O) groups is 1. The fraction of sp³-hybridized carbons (Fsp3) is 0.278. The zero-order chi connectivity index (χ0) is 18.5. The van der Waals surface area contributed by atoms with Crippen LogP contribution < -0.4 is 15.5 Å². The molecule has 0 saturated carbocycles. The van der Waals surface area contributed by atoms with Gasteiger partial charge in [0.2, 0.25) is 16.2 Å². The summed E-state index contributed by atoms with van der Waals surface area (Å²) in [5.74, 6) is 0.784. The average Bonchev–Trinajstić information content (AvgIpc) is 3.33. The van der Waals surface area contributed by atoms with Gasteiger partial charge in [-0.15, -0.1) is 15.3 Å². The SMILES string of the molecule is O=C(Cc1ccccc1)Nc1nnc(N[C@@H]2CCN(c3cccnn3)C2)s1. The Kier molecular flexibility index (Phi) is 5.20. The molecule has 0 bridgehead atoms. The zero-order valence-electron chi connectivity index (χ0n) is 14.6. The molecule has 1 atom stereocenters. The second-order valence-electron chi connectivity index (χ2n) is 6.28. The van der Waals surface area contributed by atoms with E-state index in [1.807, 2.05) is 42.5 Å². The van der Waals surface area contributed by atoms with Gasteiger partial charge in [0.15, 0.2) is 5.82 Å². The fourth-order valence-electron chi connectivity index (χ4n) is 3.00. The van der Waals surface area contributed by atoms with E-state index < -0.39 is 0 Å². The van der Waals surface area contributed by atoms with Gasteiger partial charge in [-0.3, -0.25) is 4.79 Å². The number of aromatic nitrogens is 4. The number of nitrogens with one attached hydrogen (secondary N) is 2. The summed E-state index contributed by atoms with van der Waals surface area (Å²) in [6, 6.07) is 13.7. The van der Waals surface area contributed by atoms with Crippen molar-refractivity contribution in [2.24, 2.45) is 0 Å². The van der Waals surface area contributed by atoms with Crippen molar-refractivity contribution in [3.8, 4) is 0 Å². The van der Waals surface area contributed by atoms with Crippen LogP contribution in [0, 0.1) is 0 Å². The fourth-order valence-corrected chi connectivity index (χ4v) is 3.74. The van der Waals surface area contributed by atoms with E-state index in [4.69, 9.17) is 0 Å². The first-order valence-electron chi connectivity index (χ1n) is 8.73. The highest BCUT2D eigenvalue weighted by molar-refractivity contribution is 7.19. The maximum atomic E-state index is 12.1. The molecule has 1 saturated heterocycles. The van der Waals surface area contributed by atoms with E-state index in [1.54, 1.807) is 6.20 Å². The van der Waals surface area contributed by atoms with Gasteiger partial charge in [0.25, 0.3) is 0 Å². The Hall–Kier alpha value is -3.07. The molecule has 138 valence electrons. The van der Waals surface area contributed by atoms with Crippen LogP contribution in [0.3, 0.4) is 0 Å². The monoisotopic (exact) mass is 381 g/mol. The van der Waals surface area contributed by atoms with Gasteiger partial charge in [-0.25, -0.2) is 0 Å². The molecule has 27 heavy (non-hydrogen) atoms. The van der Waals surface area contributed by atoms with Crippen LogP contribution in [0.15, 0.2) is 48.7 Å². The first-order chi connectivity index (χ1) is 13.3. The van der Waals surface area contributed by atoms with Crippen LogP contribution in [0.1, 0.15) is 12.0 Å². The Morgan fingerprint density at radius 1 is 1.11 bits per heavy atom. The summed E-state index contributed by atoms with van der Waals surface area (Å²) in [4.78, 5) is 14.3. The van der Waals surface area contributed by atoms with Crippen LogP contribution in [0.5, 0.6) is 0 Å². The van der Waals surface area contributed by atoms with Gasteiger partial charge in [0.05, 0.1) is 6.42 Å². The molecule has 8 nitrogen and oxygen atoms in total. The molecule has 1 amide bonds. The predicted octanol–water partition coefficient (Wildman–Crippen LogP) is 2.20. The third-order valence-electron chi connectivity index (χ3n) is 4.28. The van der Waals surface area contributed by atoms with Crippen molar-refractivity contribution >= 4 is 33.3 Å². The molecule has 1 aromatic carbocycles. The van der Waals surface area contributed by atoms with Crippen molar-refractivity contribution in [1.82, 2.24) is 20.4 Å². The standard InChI is InChI=1S/C18H19N7OS/c26-16(11-13-5-2-1-3-6-13)21-18-24-23-17(27-18)20-14-8-10-25(12-14)15-7-4-9-19-22-15/h1-7,9,14H,8,10-12H2,(H,20,23)(H,21,24,26)/t14-/m1/s1. The van der Waals surface area contributed by atoms with E-state index in [1.165, 1.54) is 11.3 Å². The number of amides is 1. The van der Waals surface area contributed by atoms with Crippen LogP contribution in [0.2, 0.25) is 0 Å². The molecule has 0 unspecified atom stereocenters. The summed E-state index contributed by atoms with van der Waals surface area (Å²) in [5.41, 5.74) is 0.966. The first-order valence-corrected chi connectivity index (χ1v) is 9.54. The van der Waals surface area contributed by atoms with E-state index in [2.05, 4.69) is 35.9 Å². The molecular weight excluding hydrogens is 362 g/mol. The maximum absolute atomic E-state index is 12.1. The second kappa shape index (κ2) is 8.09. The van der Waals surface area contributed by atoms with E-state index in [9.17, 15) is 4.79 Å². The summed E-state index contributed by atoms with van der Waals surface area (Å²) >= 11 is 1.34. The minimum Gasteiger partial charge on any atom is -0.355 e. The van der Waals surface area contributed by atoms with Crippen molar-refractivity contribution in [1.29, 1.82) is 0 Å². The van der Waals surface area contributed by atoms with Crippen LogP contribution in [0.25, 0.3) is 0 Å². The van der Waals surface area contributed by atoms with Crippen molar-refractivity contribution < 1.29 is 4.79 Å². The van der Waals surface area contributed by atoms with Gasteiger partial charge < -0.3 is 15.5 Å². The van der Waals surface area contributed by atoms with E-state index in [0.29, 0.717) is 16.7 Å². The molecule has 3 heterocycles. The Labute approximate surface area is 160 Å². The number of carbonyl (C=O) groups excluding carboxylic acids is 1. The van der Waals surface area contributed by atoms with Crippen LogP contribution in [0.4, 0.5) is 16.1 Å². The molecule has 9 heteroatoms. The minimum absolute atomic E-state index is 0.0985. The van der Waals surface area contributed by atoms with Crippen LogP contribution in [-0.4, -0.2) is 45.4 Å². The summed E-state index contributed by atoms with van der Waals surface area (Å²) < 4.78 is 0. The molecule has 2 aromatic heterocycles. The normalized spacial score (nSPS) is 16.3. The van der Waals surface area contributed by atoms with Gasteiger partial charge in [-0.2, -0.15) is 5.10 Å². The highest BCUT2D eigenvalue weighted by atomic mass is 32.1. The maximum Gasteiger partial charge on any atom is 0.230 e. The van der Waals surface area contributed by atoms with Crippen LogP contribution >= 0.6 is 11.3 Å². The lowest BCUT2D eigenvalue weighted by Crippen LogP contribution is -2.26. The van der Waals surface area contributed by atoms with Gasteiger partial charge in [-0.05, 0) is 24.1 Å². The van der Waals surface area contributed by atoms with Gasteiger partial charge in [-0.1, -0.05) is 41.7 Å². The predicted molar refractivity (Wildman–Crippen MR) is 105 cm³/mol. The van der Waals surface area contributed by atoms with Gasteiger partial charge in [0.1, 0.15) is 0 Å². The van der Waals surface area contributed by atoms with Crippen molar-refractivity contribution in [2.75, 3.05) is 28.6 Å². The molecular formula is C18H19N7OS. The number of hydrogen-bond acceptors (Lipinski definition) is 8. The minimum atomic E-state index is -0.0985. The van der Waals surface area contributed by atoms with Crippen molar-refractivity contribution in [3.05, 3.63) is 54.2 Å². The number of rotatable bonds is 6. The van der Waals surface area contributed by atoms with Crippen molar-refractivity contribution in [2.45, 2.75) is 18.9 Å². The third-order valence-corrected chi connectivity index (χ3v) is 5.05. The molecule has 0 radical (unpaired) electrons. The van der Waals surface area contributed by atoms with E-state index >= 15 is 0 Å². The Balaban J connectivity index is 1.29. The molecule has 3 aromatic rings. The topological polar surface area (TPSA) is 95.9 Å². The number of anilines is 3. The molecule has 1 fully saturated rings. The molecule has 4 rings (SSSR count). The summed E-state index contributed by atoms with van der Waals surface area (Å²) in [6.07, 6.45) is 2.97.